The molecule has 0 radical (unpaired) electrons. The third-order valence-electron chi connectivity index (χ3n) is 3.94. The number of rotatable bonds is 4. The van der Waals surface area contributed by atoms with Gasteiger partial charge in [0.15, 0.2) is 5.78 Å². The van der Waals surface area contributed by atoms with E-state index in [2.05, 4.69) is 4.90 Å². The van der Waals surface area contributed by atoms with Crippen LogP contribution >= 0.6 is 35.0 Å². The average molecular weight is 366 g/mol. The van der Waals surface area contributed by atoms with Gasteiger partial charge in [0.2, 0.25) is 0 Å². The molecule has 3 rings (SSSR count). The summed E-state index contributed by atoms with van der Waals surface area (Å²) in [4.78, 5) is 15.3. The number of benzene rings is 2. The van der Waals surface area contributed by atoms with Gasteiger partial charge in [0, 0.05) is 47.3 Å². The van der Waals surface area contributed by atoms with Crippen molar-refractivity contribution in [3.8, 4) is 0 Å². The molecular weight excluding hydrogens is 349 g/mol. The number of carbonyl (C=O) groups excluding carboxylic acids is 1. The smallest absolute Gasteiger partial charge is 0.194 e. The molecule has 0 atom stereocenters. The molecular formula is C18H17Cl2NOS. The summed E-state index contributed by atoms with van der Waals surface area (Å²) >= 11 is 14.1. The number of ketones is 1. The summed E-state index contributed by atoms with van der Waals surface area (Å²) in [6.07, 6.45) is 0. The maximum atomic E-state index is 12.9. The molecule has 2 aromatic rings. The minimum Gasteiger partial charge on any atom is -0.297 e. The van der Waals surface area contributed by atoms with Crippen LogP contribution in [0.1, 0.15) is 21.5 Å². The fraction of sp³-hybridized carbons (Fsp3) is 0.278. The number of thioether (sulfide) groups is 1. The van der Waals surface area contributed by atoms with E-state index in [1.54, 1.807) is 18.2 Å². The summed E-state index contributed by atoms with van der Waals surface area (Å²) in [5, 5.41) is 0.928. The predicted octanol–water partition coefficient (Wildman–Crippen LogP) is 4.77. The fourth-order valence-electron chi connectivity index (χ4n) is 2.70. The molecule has 1 aliphatic heterocycles. The Labute approximate surface area is 150 Å². The van der Waals surface area contributed by atoms with Crippen LogP contribution in [0.25, 0.3) is 0 Å². The molecule has 1 fully saturated rings. The number of hydrogen-bond acceptors (Lipinski definition) is 3. The SMILES string of the molecule is O=C(c1ccc(Cl)cc1Cl)c1ccccc1CN1CCSCC1. The van der Waals surface area contributed by atoms with Crippen molar-refractivity contribution in [2.75, 3.05) is 24.6 Å². The standard InChI is InChI=1S/C18H17Cl2NOS/c19-14-5-6-16(17(20)11-14)18(22)15-4-2-1-3-13(15)12-21-7-9-23-10-8-21/h1-6,11H,7-10,12H2. The number of carbonyl (C=O) groups is 1. The van der Waals surface area contributed by atoms with E-state index in [-0.39, 0.29) is 5.78 Å². The third kappa shape index (κ3) is 4.10. The summed E-state index contributed by atoms with van der Waals surface area (Å²) in [5.74, 6) is 2.26. The van der Waals surface area contributed by atoms with Crippen LogP contribution in [-0.2, 0) is 6.54 Å². The second-order valence-corrected chi connectivity index (χ2v) is 7.57. The molecule has 0 spiro atoms. The van der Waals surface area contributed by atoms with Crippen molar-refractivity contribution in [3.05, 3.63) is 69.2 Å². The van der Waals surface area contributed by atoms with Crippen molar-refractivity contribution in [2.24, 2.45) is 0 Å². The van der Waals surface area contributed by atoms with Gasteiger partial charge in [0.1, 0.15) is 0 Å². The highest BCUT2D eigenvalue weighted by molar-refractivity contribution is 7.99. The maximum Gasteiger partial charge on any atom is 0.194 e. The summed E-state index contributed by atoms with van der Waals surface area (Å²) < 4.78 is 0. The molecule has 0 unspecified atom stereocenters. The molecule has 0 bridgehead atoms. The van der Waals surface area contributed by atoms with Crippen LogP contribution in [0.4, 0.5) is 0 Å². The minimum atomic E-state index is -0.0475. The summed E-state index contributed by atoms with van der Waals surface area (Å²) in [5.41, 5.74) is 2.27. The monoisotopic (exact) mass is 365 g/mol. The Hall–Kier alpha value is -1.00. The molecule has 23 heavy (non-hydrogen) atoms. The zero-order valence-electron chi connectivity index (χ0n) is 12.6. The second-order valence-electron chi connectivity index (χ2n) is 5.50. The van der Waals surface area contributed by atoms with Gasteiger partial charge in [-0.2, -0.15) is 11.8 Å². The van der Waals surface area contributed by atoms with Gasteiger partial charge in [-0.3, -0.25) is 9.69 Å². The first-order chi connectivity index (χ1) is 11.1. The van der Waals surface area contributed by atoms with Crippen molar-refractivity contribution in [1.82, 2.24) is 4.90 Å². The average Bonchev–Trinajstić information content (AvgIpc) is 2.56. The van der Waals surface area contributed by atoms with Crippen molar-refractivity contribution < 1.29 is 4.79 Å². The van der Waals surface area contributed by atoms with Gasteiger partial charge in [-0.05, 0) is 23.8 Å². The van der Waals surface area contributed by atoms with Crippen LogP contribution in [0.2, 0.25) is 10.0 Å². The normalized spacial score (nSPS) is 15.6. The van der Waals surface area contributed by atoms with Gasteiger partial charge in [-0.25, -0.2) is 0 Å². The van der Waals surface area contributed by atoms with Crippen molar-refractivity contribution in [1.29, 1.82) is 0 Å². The van der Waals surface area contributed by atoms with E-state index < -0.39 is 0 Å². The Morgan fingerprint density at radius 3 is 2.52 bits per heavy atom. The molecule has 2 nitrogen and oxygen atoms in total. The zero-order valence-corrected chi connectivity index (χ0v) is 14.9. The van der Waals surface area contributed by atoms with E-state index in [0.29, 0.717) is 15.6 Å². The van der Waals surface area contributed by atoms with Crippen LogP contribution in [0, 0.1) is 0 Å². The largest absolute Gasteiger partial charge is 0.297 e. The van der Waals surface area contributed by atoms with Crippen molar-refractivity contribution in [2.45, 2.75) is 6.54 Å². The topological polar surface area (TPSA) is 20.3 Å². The first-order valence-electron chi connectivity index (χ1n) is 7.53. The molecule has 1 aliphatic rings. The quantitative estimate of drug-likeness (QED) is 0.727. The Balaban J connectivity index is 1.88. The highest BCUT2D eigenvalue weighted by atomic mass is 35.5. The highest BCUT2D eigenvalue weighted by Crippen LogP contribution is 2.25. The van der Waals surface area contributed by atoms with E-state index >= 15 is 0 Å². The van der Waals surface area contributed by atoms with Crippen LogP contribution in [-0.4, -0.2) is 35.3 Å². The molecule has 120 valence electrons. The van der Waals surface area contributed by atoms with Crippen LogP contribution in [0.3, 0.4) is 0 Å². The number of hydrogen-bond donors (Lipinski definition) is 0. The Bertz CT molecular complexity index is 714. The maximum absolute atomic E-state index is 12.9. The van der Waals surface area contributed by atoms with E-state index in [1.807, 2.05) is 36.0 Å². The van der Waals surface area contributed by atoms with Gasteiger partial charge in [-0.1, -0.05) is 47.5 Å². The third-order valence-corrected chi connectivity index (χ3v) is 5.43. The lowest BCUT2D eigenvalue weighted by Gasteiger charge is -2.26. The summed E-state index contributed by atoms with van der Waals surface area (Å²) in [6.45, 7) is 2.93. The zero-order chi connectivity index (χ0) is 16.2. The van der Waals surface area contributed by atoms with Crippen molar-refractivity contribution >= 4 is 40.7 Å². The molecule has 0 saturated carbocycles. The Morgan fingerprint density at radius 2 is 1.78 bits per heavy atom. The Morgan fingerprint density at radius 1 is 1.04 bits per heavy atom. The lowest BCUT2D eigenvalue weighted by Crippen LogP contribution is -2.32. The molecule has 5 heteroatoms. The predicted molar refractivity (Wildman–Crippen MR) is 98.9 cm³/mol. The van der Waals surface area contributed by atoms with Crippen LogP contribution < -0.4 is 0 Å². The van der Waals surface area contributed by atoms with Gasteiger partial charge in [0.05, 0.1) is 5.02 Å². The lowest BCUT2D eigenvalue weighted by atomic mass is 9.98. The molecule has 0 amide bonds. The second kappa shape index (κ2) is 7.71. The van der Waals surface area contributed by atoms with E-state index in [9.17, 15) is 4.79 Å². The van der Waals surface area contributed by atoms with Crippen LogP contribution in [0.5, 0.6) is 0 Å². The van der Waals surface area contributed by atoms with Gasteiger partial charge >= 0.3 is 0 Å². The minimum absolute atomic E-state index is 0.0475. The van der Waals surface area contributed by atoms with Crippen LogP contribution in [0.15, 0.2) is 42.5 Å². The molecule has 0 aliphatic carbocycles. The van der Waals surface area contributed by atoms with E-state index in [0.717, 1.165) is 42.3 Å². The molecule has 1 heterocycles. The van der Waals surface area contributed by atoms with Gasteiger partial charge in [-0.15, -0.1) is 0 Å². The number of nitrogens with zero attached hydrogens (tertiary/aromatic N) is 1. The van der Waals surface area contributed by atoms with Gasteiger partial charge < -0.3 is 0 Å². The highest BCUT2D eigenvalue weighted by Gasteiger charge is 2.18. The lowest BCUT2D eigenvalue weighted by molar-refractivity contribution is 0.103. The molecule has 0 aromatic heterocycles. The molecule has 0 N–H and O–H groups in total. The first kappa shape index (κ1) is 16.8. The Kier molecular flexibility index (Phi) is 5.65. The van der Waals surface area contributed by atoms with Crippen molar-refractivity contribution in [3.63, 3.8) is 0 Å². The fourth-order valence-corrected chi connectivity index (χ4v) is 4.17. The van der Waals surface area contributed by atoms with E-state index in [1.165, 1.54) is 0 Å². The number of halogens is 2. The molecule has 2 aromatic carbocycles. The first-order valence-corrected chi connectivity index (χ1v) is 9.44. The van der Waals surface area contributed by atoms with E-state index in [4.69, 9.17) is 23.2 Å². The molecule has 1 saturated heterocycles. The summed E-state index contributed by atoms with van der Waals surface area (Å²) in [6, 6.07) is 12.8. The summed E-state index contributed by atoms with van der Waals surface area (Å²) in [7, 11) is 0. The van der Waals surface area contributed by atoms with Gasteiger partial charge in [0.25, 0.3) is 0 Å².